The minimum Gasteiger partial charge on any atom is -0.481 e. The Kier molecular flexibility index (Phi) is 2.58. The van der Waals surface area contributed by atoms with Gasteiger partial charge in [0.2, 0.25) is 0 Å². The summed E-state index contributed by atoms with van der Waals surface area (Å²) in [6.45, 7) is 0. The summed E-state index contributed by atoms with van der Waals surface area (Å²) in [6.07, 6.45) is 4.00. The minimum atomic E-state index is -0.799. The lowest BCUT2D eigenvalue weighted by Gasteiger charge is -2.00. The maximum absolute atomic E-state index is 10.4. The van der Waals surface area contributed by atoms with Gasteiger partial charge in [0.1, 0.15) is 0 Å². The van der Waals surface area contributed by atoms with Gasteiger partial charge in [0.15, 0.2) is 0 Å². The van der Waals surface area contributed by atoms with Gasteiger partial charge in [-0.05, 0) is 18.2 Å². The summed E-state index contributed by atoms with van der Waals surface area (Å²) >= 11 is 0. The molecule has 0 aliphatic rings. The van der Waals surface area contributed by atoms with Crippen LogP contribution < -0.4 is 0 Å². The Hall–Kier alpha value is -1.97. The SMILES string of the molecule is O=C(O)CCc1ccc2cnccc2n1. The molecule has 15 heavy (non-hydrogen) atoms. The van der Waals surface area contributed by atoms with Gasteiger partial charge in [-0.25, -0.2) is 0 Å². The fourth-order valence-corrected chi connectivity index (χ4v) is 1.38. The second kappa shape index (κ2) is 4.04. The number of hydrogen-bond acceptors (Lipinski definition) is 3. The highest BCUT2D eigenvalue weighted by Crippen LogP contribution is 2.11. The van der Waals surface area contributed by atoms with Crippen LogP contribution in [0.4, 0.5) is 0 Å². The van der Waals surface area contributed by atoms with E-state index < -0.39 is 5.97 Å². The molecule has 0 aliphatic heterocycles. The van der Waals surface area contributed by atoms with E-state index in [4.69, 9.17) is 5.11 Å². The van der Waals surface area contributed by atoms with Crippen molar-refractivity contribution in [2.75, 3.05) is 0 Å². The maximum atomic E-state index is 10.4. The van der Waals surface area contributed by atoms with E-state index in [1.54, 1.807) is 12.4 Å². The van der Waals surface area contributed by atoms with Crippen molar-refractivity contribution >= 4 is 16.9 Å². The first-order valence-corrected chi connectivity index (χ1v) is 4.67. The molecule has 2 aromatic heterocycles. The van der Waals surface area contributed by atoms with E-state index in [1.807, 2.05) is 18.2 Å². The van der Waals surface area contributed by atoms with Crippen LogP contribution in [-0.4, -0.2) is 21.0 Å². The molecule has 0 unspecified atom stereocenters. The number of hydrogen-bond donors (Lipinski definition) is 1. The van der Waals surface area contributed by atoms with Crippen molar-refractivity contribution in [2.24, 2.45) is 0 Å². The molecule has 0 amide bonds. The summed E-state index contributed by atoms with van der Waals surface area (Å²) in [7, 11) is 0. The molecule has 0 aromatic carbocycles. The topological polar surface area (TPSA) is 63.1 Å². The van der Waals surface area contributed by atoms with Crippen molar-refractivity contribution in [1.82, 2.24) is 9.97 Å². The molecule has 76 valence electrons. The van der Waals surface area contributed by atoms with Crippen LogP contribution in [0.2, 0.25) is 0 Å². The van der Waals surface area contributed by atoms with Crippen LogP contribution >= 0.6 is 0 Å². The van der Waals surface area contributed by atoms with Gasteiger partial charge in [-0.3, -0.25) is 14.8 Å². The predicted molar refractivity (Wildman–Crippen MR) is 55.5 cm³/mol. The number of nitrogens with zero attached hydrogens (tertiary/aromatic N) is 2. The molecule has 0 fully saturated rings. The number of carboxylic acid groups (broad SMARTS) is 1. The number of pyridine rings is 2. The third-order valence-corrected chi connectivity index (χ3v) is 2.14. The van der Waals surface area contributed by atoms with Crippen LogP contribution in [0.1, 0.15) is 12.1 Å². The molecule has 4 heteroatoms. The molecular formula is C11H10N2O2. The van der Waals surface area contributed by atoms with Crippen molar-refractivity contribution in [3.05, 3.63) is 36.3 Å². The van der Waals surface area contributed by atoms with Gasteiger partial charge in [-0.1, -0.05) is 0 Å². The summed E-state index contributed by atoms with van der Waals surface area (Å²) < 4.78 is 0. The first kappa shape index (κ1) is 9.58. The maximum Gasteiger partial charge on any atom is 0.303 e. The fraction of sp³-hybridized carbons (Fsp3) is 0.182. The van der Waals surface area contributed by atoms with E-state index in [0.29, 0.717) is 6.42 Å². The summed E-state index contributed by atoms with van der Waals surface area (Å²) in [5.74, 6) is -0.799. The molecule has 1 N–H and O–H groups in total. The normalized spacial score (nSPS) is 10.4. The molecule has 0 radical (unpaired) electrons. The van der Waals surface area contributed by atoms with E-state index in [-0.39, 0.29) is 6.42 Å². The second-order valence-electron chi connectivity index (χ2n) is 3.26. The second-order valence-corrected chi connectivity index (χ2v) is 3.26. The van der Waals surface area contributed by atoms with Crippen LogP contribution in [0.3, 0.4) is 0 Å². The van der Waals surface area contributed by atoms with Crippen molar-refractivity contribution in [3.8, 4) is 0 Å². The summed E-state index contributed by atoms with van der Waals surface area (Å²) in [4.78, 5) is 18.7. The highest BCUT2D eigenvalue weighted by Gasteiger charge is 2.01. The molecule has 2 aromatic rings. The Bertz CT molecular complexity index is 497. The first-order chi connectivity index (χ1) is 7.25. The van der Waals surface area contributed by atoms with E-state index in [9.17, 15) is 4.79 Å². The number of carbonyl (C=O) groups is 1. The van der Waals surface area contributed by atoms with Crippen molar-refractivity contribution in [1.29, 1.82) is 0 Å². The van der Waals surface area contributed by atoms with E-state index in [0.717, 1.165) is 16.6 Å². The first-order valence-electron chi connectivity index (χ1n) is 4.67. The zero-order valence-electron chi connectivity index (χ0n) is 8.05. The highest BCUT2D eigenvalue weighted by molar-refractivity contribution is 5.77. The number of aryl methyl sites for hydroxylation is 1. The standard InChI is InChI=1S/C11H10N2O2/c14-11(15)4-3-9-2-1-8-7-12-6-5-10(8)13-9/h1-2,5-7H,3-4H2,(H,14,15). The summed E-state index contributed by atoms with van der Waals surface area (Å²) in [6, 6.07) is 5.57. The van der Waals surface area contributed by atoms with E-state index >= 15 is 0 Å². The highest BCUT2D eigenvalue weighted by atomic mass is 16.4. The minimum absolute atomic E-state index is 0.115. The van der Waals surface area contributed by atoms with Crippen LogP contribution in [0.5, 0.6) is 0 Å². The Labute approximate surface area is 86.6 Å². The molecule has 2 heterocycles. The Morgan fingerprint density at radius 1 is 1.33 bits per heavy atom. The summed E-state index contributed by atoms with van der Waals surface area (Å²) in [5, 5.41) is 9.52. The van der Waals surface area contributed by atoms with Crippen LogP contribution in [0.15, 0.2) is 30.6 Å². The van der Waals surface area contributed by atoms with Gasteiger partial charge in [0.25, 0.3) is 0 Å². The quantitative estimate of drug-likeness (QED) is 0.821. The van der Waals surface area contributed by atoms with Gasteiger partial charge in [-0.2, -0.15) is 0 Å². The predicted octanol–water partition coefficient (Wildman–Crippen LogP) is 1.65. The Balaban J connectivity index is 2.26. The number of carboxylic acids is 1. The lowest BCUT2D eigenvalue weighted by Crippen LogP contribution is -1.99. The van der Waals surface area contributed by atoms with E-state index in [1.165, 1.54) is 0 Å². The van der Waals surface area contributed by atoms with Gasteiger partial charge in [0.05, 0.1) is 11.9 Å². The third-order valence-electron chi connectivity index (χ3n) is 2.14. The van der Waals surface area contributed by atoms with Crippen molar-refractivity contribution in [3.63, 3.8) is 0 Å². The average molecular weight is 202 g/mol. The molecule has 2 rings (SSSR count). The summed E-state index contributed by atoms with van der Waals surface area (Å²) in [5.41, 5.74) is 1.66. The Morgan fingerprint density at radius 2 is 2.20 bits per heavy atom. The van der Waals surface area contributed by atoms with E-state index in [2.05, 4.69) is 9.97 Å². The van der Waals surface area contributed by atoms with Crippen LogP contribution in [0, 0.1) is 0 Å². The molecule has 0 saturated carbocycles. The Morgan fingerprint density at radius 3 is 3.00 bits per heavy atom. The molecule has 0 bridgehead atoms. The van der Waals surface area contributed by atoms with Gasteiger partial charge >= 0.3 is 5.97 Å². The molecule has 0 aliphatic carbocycles. The fourth-order valence-electron chi connectivity index (χ4n) is 1.38. The third kappa shape index (κ3) is 2.28. The molecule has 0 saturated heterocycles. The van der Waals surface area contributed by atoms with Crippen molar-refractivity contribution < 1.29 is 9.90 Å². The van der Waals surface area contributed by atoms with Gasteiger partial charge in [-0.15, -0.1) is 0 Å². The monoisotopic (exact) mass is 202 g/mol. The van der Waals surface area contributed by atoms with Crippen molar-refractivity contribution in [2.45, 2.75) is 12.8 Å². The van der Waals surface area contributed by atoms with Crippen LogP contribution in [0.25, 0.3) is 10.9 Å². The molecule has 0 atom stereocenters. The lowest BCUT2D eigenvalue weighted by molar-refractivity contribution is -0.136. The zero-order chi connectivity index (χ0) is 10.7. The van der Waals surface area contributed by atoms with Gasteiger partial charge < -0.3 is 5.11 Å². The average Bonchev–Trinajstić information content (AvgIpc) is 2.26. The number of aliphatic carboxylic acids is 1. The number of rotatable bonds is 3. The lowest BCUT2D eigenvalue weighted by atomic mass is 10.2. The van der Waals surface area contributed by atoms with Crippen LogP contribution in [-0.2, 0) is 11.2 Å². The zero-order valence-corrected chi connectivity index (χ0v) is 8.05. The molecule has 4 nitrogen and oxygen atoms in total. The molecule has 0 spiro atoms. The molecular weight excluding hydrogens is 192 g/mol. The smallest absolute Gasteiger partial charge is 0.303 e. The van der Waals surface area contributed by atoms with Gasteiger partial charge in [0, 0.05) is 29.9 Å². The number of aromatic nitrogens is 2. The number of fused-ring (bicyclic) bond motifs is 1. The largest absolute Gasteiger partial charge is 0.481 e.